The van der Waals surface area contributed by atoms with E-state index in [2.05, 4.69) is 12.2 Å². The van der Waals surface area contributed by atoms with Crippen LogP contribution in [-0.4, -0.2) is 23.2 Å². The summed E-state index contributed by atoms with van der Waals surface area (Å²) in [7, 11) is 0. The summed E-state index contributed by atoms with van der Waals surface area (Å²) in [4.78, 5) is 11.8. The van der Waals surface area contributed by atoms with Gasteiger partial charge in [-0.15, -0.1) is 0 Å². The van der Waals surface area contributed by atoms with Gasteiger partial charge in [-0.25, -0.2) is 0 Å². The molecule has 1 rings (SSSR count). The molecule has 1 saturated carbocycles. The summed E-state index contributed by atoms with van der Waals surface area (Å²) in [6.07, 6.45) is 4.69. The second-order valence-corrected chi connectivity index (χ2v) is 5.79. The fourth-order valence-corrected chi connectivity index (χ4v) is 2.67. The lowest BCUT2D eigenvalue weighted by Crippen LogP contribution is -2.54. The topological polar surface area (TPSA) is 49.3 Å². The Morgan fingerprint density at radius 2 is 2.25 bits per heavy atom. The number of hydrogen-bond donors (Lipinski definition) is 2. The van der Waals surface area contributed by atoms with Gasteiger partial charge in [-0.1, -0.05) is 33.6 Å². The molecule has 3 heteroatoms. The quantitative estimate of drug-likeness (QED) is 0.772. The number of aliphatic hydroxyl groups is 1. The molecule has 0 bridgehead atoms. The molecule has 1 fully saturated rings. The van der Waals surface area contributed by atoms with E-state index in [0.717, 1.165) is 19.3 Å². The number of carbonyl (C=O) groups excluding carboxylic acids is 1. The Kier molecular flexibility index (Phi) is 4.78. The summed E-state index contributed by atoms with van der Waals surface area (Å²) in [5, 5.41) is 12.6. The van der Waals surface area contributed by atoms with E-state index in [-0.39, 0.29) is 18.1 Å². The molecule has 2 atom stereocenters. The Labute approximate surface area is 98.6 Å². The summed E-state index contributed by atoms with van der Waals surface area (Å²) in [5.41, 5.74) is -0.344. The average molecular weight is 227 g/mol. The highest BCUT2D eigenvalue weighted by molar-refractivity contribution is 5.77. The first-order valence-corrected chi connectivity index (χ1v) is 6.39. The third-order valence-corrected chi connectivity index (χ3v) is 3.39. The lowest BCUT2D eigenvalue weighted by atomic mass is 9.76. The number of aliphatic hydroxyl groups excluding tert-OH is 1. The monoisotopic (exact) mass is 227 g/mol. The van der Waals surface area contributed by atoms with Crippen LogP contribution >= 0.6 is 0 Å². The molecule has 1 aliphatic rings. The zero-order valence-electron chi connectivity index (χ0n) is 10.8. The minimum Gasteiger partial charge on any atom is -0.394 e. The van der Waals surface area contributed by atoms with Crippen LogP contribution in [0, 0.1) is 11.8 Å². The SMILES string of the molecule is CC(C)CC(=O)NC1(CO)CCCC(C)C1. The van der Waals surface area contributed by atoms with Crippen molar-refractivity contribution in [2.75, 3.05) is 6.61 Å². The van der Waals surface area contributed by atoms with Crippen LogP contribution in [0.4, 0.5) is 0 Å². The summed E-state index contributed by atoms with van der Waals surface area (Å²) in [5.74, 6) is 1.05. The molecule has 0 spiro atoms. The number of rotatable bonds is 4. The van der Waals surface area contributed by atoms with Crippen LogP contribution in [0.1, 0.15) is 52.9 Å². The molecule has 2 N–H and O–H groups in total. The van der Waals surface area contributed by atoms with Gasteiger partial charge in [0.2, 0.25) is 5.91 Å². The first kappa shape index (κ1) is 13.5. The average Bonchev–Trinajstić information content (AvgIpc) is 2.16. The van der Waals surface area contributed by atoms with E-state index in [1.807, 2.05) is 13.8 Å². The highest BCUT2D eigenvalue weighted by Gasteiger charge is 2.35. The van der Waals surface area contributed by atoms with Crippen molar-refractivity contribution in [3.05, 3.63) is 0 Å². The minimum atomic E-state index is -0.344. The van der Waals surface area contributed by atoms with Gasteiger partial charge >= 0.3 is 0 Å². The maximum absolute atomic E-state index is 11.8. The molecule has 0 saturated heterocycles. The molecule has 0 aromatic heterocycles. The molecule has 1 amide bonds. The van der Waals surface area contributed by atoms with Crippen LogP contribution in [0.3, 0.4) is 0 Å². The predicted molar refractivity (Wildman–Crippen MR) is 65.0 cm³/mol. The maximum Gasteiger partial charge on any atom is 0.220 e. The van der Waals surface area contributed by atoms with Crippen LogP contribution in [0.2, 0.25) is 0 Å². The van der Waals surface area contributed by atoms with Gasteiger partial charge in [0.15, 0.2) is 0 Å². The van der Waals surface area contributed by atoms with E-state index in [1.165, 1.54) is 6.42 Å². The standard InChI is InChI=1S/C13H25NO2/c1-10(2)7-12(16)14-13(9-15)6-4-5-11(3)8-13/h10-11,15H,4-9H2,1-3H3,(H,14,16). The number of nitrogens with one attached hydrogen (secondary N) is 1. The van der Waals surface area contributed by atoms with E-state index in [4.69, 9.17) is 0 Å². The fraction of sp³-hybridized carbons (Fsp3) is 0.923. The van der Waals surface area contributed by atoms with E-state index in [0.29, 0.717) is 18.3 Å². The van der Waals surface area contributed by atoms with Gasteiger partial charge in [-0.3, -0.25) is 4.79 Å². The zero-order valence-corrected chi connectivity index (χ0v) is 10.8. The lowest BCUT2D eigenvalue weighted by molar-refractivity contribution is -0.125. The van der Waals surface area contributed by atoms with Gasteiger partial charge < -0.3 is 10.4 Å². The summed E-state index contributed by atoms with van der Waals surface area (Å²) < 4.78 is 0. The summed E-state index contributed by atoms with van der Waals surface area (Å²) in [6, 6.07) is 0. The Balaban J connectivity index is 2.55. The number of hydrogen-bond acceptors (Lipinski definition) is 2. The van der Waals surface area contributed by atoms with Gasteiger partial charge in [0.05, 0.1) is 12.1 Å². The molecule has 0 aromatic carbocycles. The molecule has 94 valence electrons. The van der Waals surface area contributed by atoms with Crippen LogP contribution in [0.25, 0.3) is 0 Å². The predicted octanol–water partition coefficient (Wildman–Crippen LogP) is 2.09. The Morgan fingerprint density at radius 1 is 1.56 bits per heavy atom. The zero-order chi connectivity index (χ0) is 12.2. The fourth-order valence-electron chi connectivity index (χ4n) is 2.67. The van der Waals surface area contributed by atoms with Crippen molar-refractivity contribution in [1.29, 1.82) is 0 Å². The second-order valence-electron chi connectivity index (χ2n) is 5.79. The van der Waals surface area contributed by atoms with Gasteiger partial charge in [0, 0.05) is 6.42 Å². The molecule has 16 heavy (non-hydrogen) atoms. The maximum atomic E-state index is 11.8. The molecule has 0 aromatic rings. The van der Waals surface area contributed by atoms with Gasteiger partial charge in [0.1, 0.15) is 0 Å². The molecule has 2 unspecified atom stereocenters. The van der Waals surface area contributed by atoms with E-state index >= 15 is 0 Å². The van der Waals surface area contributed by atoms with E-state index in [1.54, 1.807) is 0 Å². The first-order valence-electron chi connectivity index (χ1n) is 6.39. The van der Waals surface area contributed by atoms with Gasteiger partial charge in [-0.2, -0.15) is 0 Å². The van der Waals surface area contributed by atoms with Gasteiger partial charge in [-0.05, 0) is 24.7 Å². The van der Waals surface area contributed by atoms with Crippen molar-refractivity contribution in [2.24, 2.45) is 11.8 Å². The smallest absolute Gasteiger partial charge is 0.220 e. The molecule has 0 radical (unpaired) electrons. The molecule has 0 heterocycles. The second kappa shape index (κ2) is 5.67. The van der Waals surface area contributed by atoms with Gasteiger partial charge in [0.25, 0.3) is 0 Å². The van der Waals surface area contributed by atoms with Crippen LogP contribution in [0.5, 0.6) is 0 Å². The van der Waals surface area contributed by atoms with Crippen molar-refractivity contribution in [3.8, 4) is 0 Å². The van der Waals surface area contributed by atoms with Crippen LogP contribution in [-0.2, 0) is 4.79 Å². The normalized spacial score (nSPS) is 30.4. The first-order chi connectivity index (χ1) is 7.47. The van der Waals surface area contributed by atoms with Crippen LogP contribution < -0.4 is 5.32 Å². The summed E-state index contributed by atoms with van der Waals surface area (Å²) >= 11 is 0. The molecule has 3 nitrogen and oxygen atoms in total. The minimum absolute atomic E-state index is 0.0706. The highest BCUT2D eigenvalue weighted by atomic mass is 16.3. The third kappa shape index (κ3) is 3.78. The van der Waals surface area contributed by atoms with Crippen molar-refractivity contribution < 1.29 is 9.90 Å². The largest absolute Gasteiger partial charge is 0.394 e. The molecule has 1 aliphatic carbocycles. The van der Waals surface area contributed by atoms with Crippen molar-refractivity contribution >= 4 is 5.91 Å². The van der Waals surface area contributed by atoms with E-state index in [9.17, 15) is 9.90 Å². The Bertz CT molecular complexity index is 240. The van der Waals surface area contributed by atoms with Crippen molar-refractivity contribution in [2.45, 2.75) is 58.4 Å². The third-order valence-electron chi connectivity index (χ3n) is 3.39. The number of carbonyl (C=O) groups is 1. The van der Waals surface area contributed by atoms with Crippen LogP contribution in [0.15, 0.2) is 0 Å². The summed E-state index contributed by atoms with van der Waals surface area (Å²) in [6.45, 7) is 6.34. The Hall–Kier alpha value is -0.570. The molecular weight excluding hydrogens is 202 g/mol. The highest BCUT2D eigenvalue weighted by Crippen LogP contribution is 2.32. The molecular formula is C13H25NO2. The Morgan fingerprint density at radius 3 is 2.75 bits per heavy atom. The van der Waals surface area contributed by atoms with Crippen molar-refractivity contribution in [1.82, 2.24) is 5.32 Å². The molecule has 0 aliphatic heterocycles. The number of amides is 1. The van der Waals surface area contributed by atoms with Crippen molar-refractivity contribution in [3.63, 3.8) is 0 Å². The van der Waals surface area contributed by atoms with E-state index < -0.39 is 0 Å². The lowest BCUT2D eigenvalue weighted by Gasteiger charge is -2.39.